The molecule has 4 aromatic rings. The van der Waals surface area contributed by atoms with Crippen LogP contribution in [-0.4, -0.2) is 14.8 Å². The van der Waals surface area contributed by atoms with Crippen molar-refractivity contribution in [1.29, 1.82) is 0 Å². The molecule has 2 aromatic heterocycles. The van der Waals surface area contributed by atoms with Crippen LogP contribution in [0.1, 0.15) is 11.4 Å². The van der Waals surface area contributed by atoms with Crippen molar-refractivity contribution in [2.75, 3.05) is 0 Å². The van der Waals surface area contributed by atoms with Gasteiger partial charge in [-0.2, -0.15) is 5.10 Å². The van der Waals surface area contributed by atoms with Crippen molar-refractivity contribution in [2.24, 2.45) is 0 Å². The van der Waals surface area contributed by atoms with E-state index in [0.717, 1.165) is 39.2 Å². The first-order valence-electron chi connectivity index (χ1n) is 7.92. The molecule has 0 amide bonds. The number of hydrogen-bond donors (Lipinski definition) is 0. The van der Waals surface area contributed by atoms with Gasteiger partial charge in [0.1, 0.15) is 0 Å². The van der Waals surface area contributed by atoms with Crippen molar-refractivity contribution in [3.8, 4) is 16.8 Å². The molecule has 0 saturated carbocycles. The minimum absolute atomic E-state index is 0.497. The van der Waals surface area contributed by atoms with Crippen molar-refractivity contribution in [3.63, 3.8) is 0 Å². The van der Waals surface area contributed by atoms with E-state index in [0.29, 0.717) is 10.0 Å². The van der Waals surface area contributed by atoms with Crippen molar-refractivity contribution >= 4 is 34.2 Å². The fourth-order valence-electron chi connectivity index (χ4n) is 3.06. The molecule has 0 saturated heterocycles. The van der Waals surface area contributed by atoms with Crippen molar-refractivity contribution in [2.45, 2.75) is 13.8 Å². The van der Waals surface area contributed by atoms with E-state index in [9.17, 15) is 0 Å². The zero-order chi connectivity index (χ0) is 17.6. The number of fused-ring (bicyclic) bond motifs is 1. The van der Waals surface area contributed by atoms with Crippen LogP contribution in [0.2, 0.25) is 10.0 Å². The van der Waals surface area contributed by atoms with Crippen LogP contribution in [0.25, 0.3) is 27.8 Å². The lowest BCUT2D eigenvalue weighted by Gasteiger charge is -2.08. The van der Waals surface area contributed by atoms with Gasteiger partial charge in [0, 0.05) is 5.69 Å². The van der Waals surface area contributed by atoms with Crippen molar-refractivity contribution in [3.05, 3.63) is 76.0 Å². The van der Waals surface area contributed by atoms with Crippen LogP contribution in [0.5, 0.6) is 0 Å². The molecule has 25 heavy (non-hydrogen) atoms. The fourth-order valence-corrected chi connectivity index (χ4v) is 3.35. The highest BCUT2D eigenvalue weighted by atomic mass is 35.5. The number of benzene rings is 2. The Balaban J connectivity index is 2.03. The van der Waals surface area contributed by atoms with Crippen molar-refractivity contribution < 1.29 is 0 Å². The first-order chi connectivity index (χ1) is 12.0. The molecule has 0 radical (unpaired) electrons. The van der Waals surface area contributed by atoms with Crippen LogP contribution in [0.4, 0.5) is 0 Å². The minimum atomic E-state index is 0.497. The summed E-state index contributed by atoms with van der Waals surface area (Å²) in [5.74, 6) is 0. The second-order valence-corrected chi connectivity index (χ2v) is 6.79. The van der Waals surface area contributed by atoms with Gasteiger partial charge in [-0.15, -0.1) is 0 Å². The lowest BCUT2D eigenvalue weighted by Crippen LogP contribution is -1.99. The molecular formula is C20H15Cl2N3. The van der Waals surface area contributed by atoms with E-state index in [4.69, 9.17) is 33.3 Å². The number of pyridine rings is 1. The Morgan fingerprint density at radius 3 is 2.36 bits per heavy atom. The Labute approximate surface area is 155 Å². The number of hydrogen-bond acceptors (Lipinski definition) is 2. The molecule has 0 atom stereocenters. The maximum atomic E-state index is 6.19. The monoisotopic (exact) mass is 367 g/mol. The topological polar surface area (TPSA) is 30.7 Å². The fraction of sp³-hybridized carbons (Fsp3) is 0.100. The Hall–Kier alpha value is -2.36. The summed E-state index contributed by atoms with van der Waals surface area (Å²) in [6, 6.07) is 17.9. The van der Waals surface area contributed by atoms with E-state index in [1.807, 2.05) is 48.9 Å². The number of nitrogens with zero attached hydrogens (tertiary/aromatic N) is 3. The van der Waals surface area contributed by atoms with Gasteiger partial charge >= 0.3 is 0 Å². The molecule has 0 unspecified atom stereocenters. The van der Waals surface area contributed by atoms with Gasteiger partial charge in [-0.3, -0.25) is 0 Å². The maximum absolute atomic E-state index is 6.19. The third-order valence-corrected chi connectivity index (χ3v) is 4.91. The average molecular weight is 368 g/mol. The Kier molecular flexibility index (Phi) is 3.98. The number of aryl methyl sites for hydroxylation is 2. The summed E-state index contributed by atoms with van der Waals surface area (Å²) in [6.45, 7) is 3.99. The second-order valence-electron chi connectivity index (χ2n) is 5.97. The van der Waals surface area contributed by atoms with Crippen LogP contribution in [0, 0.1) is 13.8 Å². The van der Waals surface area contributed by atoms with Gasteiger partial charge in [0.15, 0.2) is 5.65 Å². The summed E-state index contributed by atoms with van der Waals surface area (Å²) in [4.78, 5) is 4.74. The summed E-state index contributed by atoms with van der Waals surface area (Å²) >= 11 is 12.2. The van der Waals surface area contributed by atoms with Gasteiger partial charge in [-0.25, -0.2) is 9.67 Å². The first-order valence-corrected chi connectivity index (χ1v) is 8.68. The number of halogens is 2. The molecule has 2 heterocycles. The quantitative estimate of drug-likeness (QED) is 0.434. The summed E-state index contributed by atoms with van der Waals surface area (Å²) in [7, 11) is 0. The molecular weight excluding hydrogens is 353 g/mol. The SMILES string of the molecule is Cc1cc(-c2ccccc2)c2c(C)nn(-c3ccc(Cl)c(Cl)c3)c2n1. The predicted octanol–water partition coefficient (Wildman–Crippen LogP) is 6.01. The molecule has 3 nitrogen and oxygen atoms in total. The largest absolute Gasteiger partial charge is 0.233 e. The molecule has 0 bridgehead atoms. The van der Waals surface area contributed by atoms with Gasteiger partial charge < -0.3 is 0 Å². The van der Waals surface area contributed by atoms with E-state index in [1.165, 1.54) is 0 Å². The van der Waals surface area contributed by atoms with Crippen LogP contribution >= 0.6 is 23.2 Å². The third kappa shape index (κ3) is 2.80. The van der Waals surface area contributed by atoms with E-state index < -0.39 is 0 Å². The minimum Gasteiger partial charge on any atom is -0.233 e. The molecule has 0 N–H and O–H groups in total. The normalized spacial score (nSPS) is 11.2. The van der Waals surface area contributed by atoms with Crippen LogP contribution in [0.15, 0.2) is 54.6 Å². The van der Waals surface area contributed by atoms with Gasteiger partial charge in [0.05, 0.1) is 26.8 Å². The highest BCUT2D eigenvalue weighted by Crippen LogP contribution is 2.33. The molecule has 0 aliphatic carbocycles. The molecule has 0 fully saturated rings. The van der Waals surface area contributed by atoms with E-state index in [2.05, 4.69) is 18.2 Å². The molecule has 0 spiro atoms. The third-order valence-electron chi connectivity index (χ3n) is 4.17. The van der Waals surface area contributed by atoms with Crippen LogP contribution < -0.4 is 0 Å². The molecule has 2 aromatic carbocycles. The molecule has 5 heteroatoms. The Morgan fingerprint density at radius 2 is 1.64 bits per heavy atom. The second kappa shape index (κ2) is 6.17. The maximum Gasteiger partial charge on any atom is 0.164 e. The van der Waals surface area contributed by atoms with E-state index >= 15 is 0 Å². The van der Waals surface area contributed by atoms with Crippen molar-refractivity contribution in [1.82, 2.24) is 14.8 Å². The summed E-state index contributed by atoms with van der Waals surface area (Å²) in [5, 5.41) is 6.77. The van der Waals surface area contributed by atoms with Crippen LogP contribution in [0.3, 0.4) is 0 Å². The van der Waals surface area contributed by atoms with Gasteiger partial charge in [0.25, 0.3) is 0 Å². The first kappa shape index (κ1) is 16.1. The molecule has 124 valence electrons. The lowest BCUT2D eigenvalue weighted by atomic mass is 10.0. The highest BCUT2D eigenvalue weighted by molar-refractivity contribution is 6.42. The van der Waals surface area contributed by atoms with Gasteiger partial charge in [-0.05, 0) is 49.2 Å². The highest BCUT2D eigenvalue weighted by Gasteiger charge is 2.16. The number of rotatable bonds is 2. The van der Waals surface area contributed by atoms with E-state index in [-0.39, 0.29) is 0 Å². The Bertz CT molecular complexity index is 1090. The van der Waals surface area contributed by atoms with E-state index in [1.54, 1.807) is 6.07 Å². The standard InChI is InChI=1S/C20H15Cl2N3/c1-12-10-16(14-6-4-3-5-7-14)19-13(2)24-25(20(19)23-12)15-8-9-17(21)18(22)11-15/h3-11H,1-2H3. The summed E-state index contributed by atoms with van der Waals surface area (Å²) in [5.41, 5.74) is 5.79. The molecule has 0 aliphatic heterocycles. The molecule has 0 aliphatic rings. The average Bonchev–Trinajstić information content (AvgIpc) is 2.94. The predicted molar refractivity (Wildman–Crippen MR) is 104 cm³/mol. The Morgan fingerprint density at radius 1 is 0.880 bits per heavy atom. The smallest absolute Gasteiger partial charge is 0.164 e. The summed E-state index contributed by atoms with van der Waals surface area (Å²) < 4.78 is 1.83. The zero-order valence-corrected chi connectivity index (χ0v) is 15.3. The van der Waals surface area contributed by atoms with Gasteiger partial charge in [-0.1, -0.05) is 53.5 Å². The van der Waals surface area contributed by atoms with Gasteiger partial charge in [0.2, 0.25) is 0 Å². The molecule has 4 rings (SSSR count). The van der Waals surface area contributed by atoms with Crippen LogP contribution in [-0.2, 0) is 0 Å². The summed E-state index contributed by atoms with van der Waals surface area (Å²) in [6.07, 6.45) is 0. The lowest BCUT2D eigenvalue weighted by molar-refractivity contribution is 0.875. The number of aromatic nitrogens is 3. The zero-order valence-electron chi connectivity index (χ0n) is 13.8.